The number of fused-ring (bicyclic) bond motifs is 2. The average molecular weight is 733 g/mol. The number of nitrogens with zero attached hydrogens (tertiary/aromatic N) is 3. The van der Waals surface area contributed by atoms with Crippen molar-refractivity contribution < 1.29 is 38.0 Å². The largest absolute Gasteiger partial charge is 0.504 e. The van der Waals surface area contributed by atoms with Gasteiger partial charge in [-0.2, -0.15) is 0 Å². The lowest BCUT2D eigenvalue weighted by Gasteiger charge is -2.15. The Bertz CT molecular complexity index is 2340. The maximum absolute atomic E-state index is 12.5. The fraction of sp³-hybridized carbons (Fsp3) is 0.268. The molecule has 0 aliphatic carbocycles. The molecule has 0 saturated carbocycles. The number of ketones is 1. The van der Waals surface area contributed by atoms with Gasteiger partial charge in [0, 0.05) is 42.8 Å². The van der Waals surface area contributed by atoms with Gasteiger partial charge in [0.2, 0.25) is 0 Å². The molecule has 0 saturated heterocycles. The van der Waals surface area contributed by atoms with E-state index in [-0.39, 0.29) is 50.1 Å². The fourth-order valence-electron chi connectivity index (χ4n) is 5.65. The molecule has 0 aliphatic rings. The molecule has 13 nitrogen and oxygen atoms in total. The molecule has 0 spiro atoms. The number of Topliss-reactive ketones (excluding diaryl/α,β-unsaturated/α-hetero) is 1. The summed E-state index contributed by atoms with van der Waals surface area (Å²) >= 11 is 0. The summed E-state index contributed by atoms with van der Waals surface area (Å²) in [5.74, 6) is 3.61. The number of anilines is 2. The molecule has 54 heavy (non-hydrogen) atoms. The van der Waals surface area contributed by atoms with Crippen LogP contribution in [-0.4, -0.2) is 72.2 Å². The maximum atomic E-state index is 12.5. The predicted octanol–water partition coefficient (Wildman–Crippen LogP) is 6.17. The lowest BCUT2D eigenvalue weighted by molar-refractivity contribution is -0.121. The molecule has 2 aromatic heterocycles. The fourth-order valence-corrected chi connectivity index (χ4v) is 5.65. The molecule has 6 aromatic rings. The zero-order valence-corrected chi connectivity index (χ0v) is 30.0. The molecular formula is C41H40N4O9. The van der Waals surface area contributed by atoms with E-state index in [1.54, 1.807) is 31.4 Å². The van der Waals surface area contributed by atoms with Crippen molar-refractivity contribution in [2.45, 2.75) is 26.3 Å². The molecule has 278 valence electrons. The summed E-state index contributed by atoms with van der Waals surface area (Å²) in [5, 5.41) is 14.6. The number of hydrogen-bond donors (Lipinski definition) is 2. The lowest BCUT2D eigenvalue weighted by Crippen LogP contribution is -2.15. The number of carbonyl (C=O) groups is 1. The summed E-state index contributed by atoms with van der Waals surface area (Å²) in [4.78, 5) is 33.8. The molecule has 0 atom stereocenters. The highest BCUT2D eigenvalue weighted by Gasteiger charge is 2.15. The zero-order chi connectivity index (χ0) is 37.9. The van der Waals surface area contributed by atoms with E-state index in [0.29, 0.717) is 65.7 Å². The number of benzene rings is 4. The predicted molar refractivity (Wildman–Crippen MR) is 203 cm³/mol. The zero-order valence-electron chi connectivity index (χ0n) is 30.0. The molecule has 6 rings (SSSR count). The highest BCUT2D eigenvalue weighted by Crippen LogP contribution is 2.35. The highest BCUT2D eigenvalue weighted by atomic mass is 16.6. The second kappa shape index (κ2) is 17.9. The van der Waals surface area contributed by atoms with Crippen LogP contribution in [0, 0.1) is 19.3 Å². The number of phenols is 1. The van der Waals surface area contributed by atoms with Crippen molar-refractivity contribution in [1.82, 2.24) is 14.5 Å². The topological polar surface area (TPSA) is 156 Å². The summed E-state index contributed by atoms with van der Waals surface area (Å²) in [5.41, 5.74) is 5.01. The third-order valence-electron chi connectivity index (χ3n) is 8.34. The number of nitrogens with one attached hydrogen (secondary N) is 1. The molecule has 0 unspecified atom stereocenters. The minimum absolute atomic E-state index is 0.130. The number of oxazole rings is 1. The quantitative estimate of drug-likeness (QED) is 0.0722. The van der Waals surface area contributed by atoms with Crippen LogP contribution in [0.4, 0.5) is 11.5 Å². The van der Waals surface area contributed by atoms with Crippen molar-refractivity contribution in [3.63, 3.8) is 0 Å². The monoisotopic (exact) mass is 732 g/mol. The van der Waals surface area contributed by atoms with Gasteiger partial charge in [-0.3, -0.25) is 9.36 Å². The van der Waals surface area contributed by atoms with Gasteiger partial charge in [-0.1, -0.05) is 24.1 Å². The van der Waals surface area contributed by atoms with Crippen LogP contribution in [0.25, 0.3) is 22.0 Å². The molecular weight excluding hydrogens is 692 g/mol. The minimum Gasteiger partial charge on any atom is -0.504 e. The van der Waals surface area contributed by atoms with Crippen LogP contribution < -0.4 is 25.3 Å². The first-order valence-corrected chi connectivity index (χ1v) is 17.3. The van der Waals surface area contributed by atoms with Crippen LogP contribution in [0.2, 0.25) is 0 Å². The van der Waals surface area contributed by atoms with Gasteiger partial charge >= 0.3 is 5.76 Å². The third kappa shape index (κ3) is 9.54. The van der Waals surface area contributed by atoms with Gasteiger partial charge in [-0.15, -0.1) is 6.42 Å². The molecule has 0 fully saturated rings. The number of aryl methyl sites for hydroxylation is 1. The Hall–Kier alpha value is -6.36. The number of rotatable bonds is 19. The lowest BCUT2D eigenvalue weighted by atomic mass is 10.2. The number of hydrogen-bond acceptors (Lipinski definition) is 12. The van der Waals surface area contributed by atoms with Gasteiger partial charge in [-0.25, -0.2) is 14.8 Å². The van der Waals surface area contributed by atoms with Crippen LogP contribution in [0.3, 0.4) is 0 Å². The number of ether oxygens (including phenoxy) is 5. The number of terminal acetylenes is 1. The van der Waals surface area contributed by atoms with Gasteiger partial charge in [0.15, 0.2) is 34.4 Å². The number of phenolic OH excluding ortho intramolecular Hbond substituents is 1. The van der Waals surface area contributed by atoms with Crippen molar-refractivity contribution in [3.05, 3.63) is 106 Å². The maximum Gasteiger partial charge on any atom is 0.420 e. The van der Waals surface area contributed by atoms with E-state index in [9.17, 15) is 14.7 Å². The smallest absolute Gasteiger partial charge is 0.420 e. The number of aromatic hydroxyl groups is 1. The van der Waals surface area contributed by atoms with Crippen molar-refractivity contribution in [2.75, 3.05) is 52.1 Å². The molecule has 0 radical (unpaired) electrons. The number of aromatic nitrogens is 3. The van der Waals surface area contributed by atoms with E-state index < -0.39 is 5.76 Å². The second-order valence-corrected chi connectivity index (χ2v) is 12.3. The Morgan fingerprint density at radius 1 is 0.926 bits per heavy atom. The van der Waals surface area contributed by atoms with Gasteiger partial charge in [0.1, 0.15) is 32.0 Å². The standard InChI is InChI=1S/C41H40N4O9/c1-4-28-7-5-8-30(20-28)44-40-32-22-38(39(51-17-15-49-3)23-33(32)42-26-43-40)52-18-16-50-14-6-9-31(46)25-53-37-13-11-29(21-35(37)47)24-45-34-19-27(2)10-12-36(34)54-41(45)48/h1,5,7-8,10-13,19-23,26,47H,6,9,14-18,24-25H2,2-3H3,(H,42,43,44). The van der Waals surface area contributed by atoms with Crippen molar-refractivity contribution in [3.8, 4) is 35.3 Å². The Kier molecular flexibility index (Phi) is 12.4. The molecule has 0 amide bonds. The average Bonchev–Trinajstić information content (AvgIpc) is 3.47. The van der Waals surface area contributed by atoms with Crippen LogP contribution >= 0.6 is 0 Å². The first-order chi connectivity index (χ1) is 26.3. The Labute approximate surface area is 311 Å². The first kappa shape index (κ1) is 37.4. The Balaban J connectivity index is 0.961. The molecule has 13 heteroatoms. The highest BCUT2D eigenvalue weighted by molar-refractivity contribution is 5.93. The summed E-state index contributed by atoms with van der Waals surface area (Å²) in [7, 11) is 1.60. The van der Waals surface area contributed by atoms with Gasteiger partial charge < -0.3 is 38.5 Å². The molecule has 0 aliphatic heterocycles. The molecule has 4 aromatic carbocycles. The van der Waals surface area contributed by atoms with Crippen molar-refractivity contribution in [1.29, 1.82) is 0 Å². The second-order valence-electron chi connectivity index (χ2n) is 12.3. The van der Waals surface area contributed by atoms with E-state index >= 15 is 0 Å². The van der Waals surface area contributed by atoms with E-state index in [1.807, 2.05) is 49.4 Å². The molecule has 0 bridgehead atoms. The Morgan fingerprint density at radius 3 is 2.57 bits per heavy atom. The van der Waals surface area contributed by atoms with Crippen molar-refractivity contribution in [2.24, 2.45) is 0 Å². The van der Waals surface area contributed by atoms with E-state index in [0.717, 1.165) is 22.2 Å². The summed E-state index contributed by atoms with van der Waals surface area (Å²) in [6, 6.07) is 21.4. The van der Waals surface area contributed by atoms with Crippen LogP contribution in [0.1, 0.15) is 29.5 Å². The Morgan fingerprint density at radius 2 is 1.76 bits per heavy atom. The van der Waals surface area contributed by atoms with E-state index in [2.05, 4.69) is 21.2 Å². The molecule has 2 N–H and O–H groups in total. The SMILES string of the molecule is C#Cc1cccc(Nc2ncnc3cc(OCCOC)c(OCCOCCCC(=O)COc4ccc(Cn5c(=O)oc6ccc(C)cc65)cc4O)cc23)c1. The van der Waals surface area contributed by atoms with Gasteiger partial charge in [0.25, 0.3) is 0 Å². The van der Waals surface area contributed by atoms with Crippen LogP contribution in [-0.2, 0) is 20.8 Å². The molecule has 2 heterocycles. The number of carbonyl (C=O) groups excluding carboxylic acids is 1. The minimum atomic E-state index is -0.484. The van der Waals surface area contributed by atoms with E-state index in [1.165, 1.54) is 17.0 Å². The van der Waals surface area contributed by atoms with E-state index in [4.69, 9.17) is 34.5 Å². The third-order valence-corrected chi connectivity index (χ3v) is 8.34. The van der Waals surface area contributed by atoms with Gasteiger partial charge in [0.05, 0.1) is 30.8 Å². The van der Waals surface area contributed by atoms with Crippen LogP contribution in [0.15, 0.2) is 88.3 Å². The first-order valence-electron chi connectivity index (χ1n) is 17.3. The summed E-state index contributed by atoms with van der Waals surface area (Å²) in [6.45, 7) is 3.49. The summed E-state index contributed by atoms with van der Waals surface area (Å²) in [6.07, 6.45) is 7.75. The number of methoxy groups -OCH3 is 1. The van der Waals surface area contributed by atoms with Crippen molar-refractivity contribution >= 4 is 39.3 Å². The summed E-state index contributed by atoms with van der Waals surface area (Å²) < 4.78 is 35.3. The normalized spacial score (nSPS) is 11.1. The van der Waals surface area contributed by atoms with Gasteiger partial charge in [-0.05, 0) is 73.0 Å². The van der Waals surface area contributed by atoms with Crippen LogP contribution in [0.5, 0.6) is 23.0 Å².